The molecule has 0 fully saturated rings. The van der Waals surface area contributed by atoms with Crippen molar-refractivity contribution in [3.63, 3.8) is 0 Å². The topological polar surface area (TPSA) is 54.4 Å². The third kappa shape index (κ3) is 358. The Morgan fingerprint density at radius 3 is 1.50 bits per heavy atom. The van der Waals surface area contributed by atoms with E-state index in [0.29, 0.717) is 0 Å². The van der Waals surface area contributed by atoms with Crippen molar-refractivity contribution in [1.82, 2.24) is 0 Å². The van der Waals surface area contributed by atoms with E-state index in [1.165, 1.54) is 0 Å². The molecule has 0 aliphatic carbocycles. The van der Waals surface area contributed by atoms with Crippen molar-refractivity contribution in [1.29, 1.82) is 0 Å². The Hall–Kier alpha value is 0.372. The van der Waals surface area contributed by atoms with Gasteiger partial charge in [-0.2, -0.15) is 8.42 Å². The summed E-state index contributed by atoms with van der Waals surface area (Å²) < 4.78 is 34.1. The number of hydrogen-bond acceptors (Lipinski definition) is 2. The van der Waals surface area contributed by atoms with Gasteiger partial charge in [-0.05, 0) is 0 Å². The van der Waals surface area contributed by atoms with E-state index in [-0.39, 0.29) is 17.4 Å². The molecule has 0 aliphatic heterocycles. The van der Waals surface area contributed by atoms with Crippen molar-refractivity contribution in [3.05, 3.63) is 0 Å². The van der Waals surface area contributed by atoms with Gasteiger partial charge in [0.15, 0.2) is 17.4 Å². The standard InChI is InChI=1S/Al.FHO3S.3H/c;1-5(2,3)4;;;/h;(H,2,3,4);;;. The zero-order valence-electron chi connectivity index (χ0n) is 2.05. The Labute approximate surface area is 45.3 Å². The second-order valence-electron chi connectivity index (χ2n) is 0.412. The minimum Gasteiger partial charge on any atom is -0.260 e. The van der Waals surface area contributed by atoms with Gasteiger partial charge in [0.05, 0.1) is 0 Å². The molecule has 0 aliphatic rings. The van der Waals surface area contributed by atoms with E-state index in [2.05, 4.69) is 0 Å². The van der Waals surface area contributed by atoms with Crippen LogP contribution < -0.4 is 0 Å². The van der Waals surface area contributed by atoms with Crippen LogP contribution in [0, 0.1) is 0 Å². The van der Waals surface area contributed by atoms with Crippen LogP contribution in [0.15, 0.2) is 0 Å². The summed E-state index contributed by atoms with van der Waals surface area (Å²) in [6.07, 6.45) is 0. The van der Waals surface area contributed by atoms with Crippen LogP contribution in [0.3, 0.4) is 0 Å². The molecule has 0 amide bonds. The molecule has 0 unspecified atom stereocenters. The summed E-state index contributed by atoms with van der Waals surface area (Å²) in [4.78, 5) is 0. The van der Waals surface area contributed by atoms with E-state index in [4.69, 9.17) is 13.0 Å². The fourth-order valence-corrected chi connectivity index (χ4v) is 0. The zero-order valence-corrected chi connectivity index (χ0v) is 2.87. The Bertz CT molecular complexity index is 94.0. The van der Waals surface area contributed by atoms with Crippen LogP contribution in [-0.4, -0.2) is 30.3 Å². The van der Waals surface area contributed by atoms with Crippen molar-refractivity contribution in [3.8, 4) is 0 Å². The van der Waals surface area contributed by atoms with Gasteiger partial charge in [-0.15, -0.1) is 0 Å². The number of rotatable bonds is 0. The zero-order chi connectivity index (χ0) is 4.50. The lowest BCUT2D eigenvalue weighted by Crippen LogP contribution is -1.80. The molecule has 0 spiro atoms. The minimum atomic E-state index is -5.17. The molecule has 3 nitrogen and oxygen atoms in total. The summed E-state index contributed by atoms with van der Waals surface area (Å²) in [5, 5.41) is 0. The first-order chi connectivity index (χ1) is 2.00. The van der Waals surface area contributed by atoms with Crippen LogP contribution in [0.2, 0.25) is 0 Å². The lowest BCUT2D eigenvalue weighted by molar-refractivity contribution is 0.435. The molecule has 0 bridgehead atoms. The van der Waals surface area contributed by atoms with Gasteiger partial charge < -0.3 is 0 Å². The lowest BCUT2D eigenvalue weighted by Gasteiger charge is -1.63. The highest BCUT2D eigenvalue weighted by Crippen LogP contribution is 1.74. The third-order valence-corrected chi connectivity index (χ3v) is 0. The molecule has 0 saturated carbocycles. The monoisotopic (exact) mass is 130 g/mol. The quantitative estimate of drug-likeness (QED) is 0.248. The van der Waals surface area contributed by atoms with Crippen LogP contribution in [0.1, 0.15) is 0 Å². The fraction of sp³-hybridized carbons (Fsp3) is 0. The lowest BCUT2D eigenvalue weighted by atomic mass is 15.9. The highest BCUT2D eigenvalue weighted by Gasteiger charge is 1.89. The summed E-state index contributed by atoms with van der Waals surface area (Å²) in [6, 6.07) is 0. The molecule has 0 aromatic carbocycles. The number of hydrogen-bond donors (Lipinski definition) is 1. The van der Waals surface area contributed by atoms with Crippen LogP contribution >= 0.6 is 0 Å². The molecule has 6 heavy (non-hydrogen) atoms. The van der Waals surface area contributed by atoms with Gasteiger partial charge in [0.1, 0.15) is 0 Å². The Morgan fingerprint density at radius 1 is 1.50 bits per heavy atom. The molecular formula is H4AlFO3S. The largest absolute Gasteiger partial charge is 0.435 e. The predicted octanol–water partition coefficient (Wildman–Crippen LogP) is -1.43. The predicted molar refractivity (Wildman–Crippen MR) is 22.6 cm³/mol. The normalized spacial score (nSPS) is 9.67. The average Bonchev–Trinajstić information content (AvgIpc) is 0.722. The minimum absolute atomic E-state index is 0. The maximum absolute atomic E-state index is 10.2. The van der Waals surface area contributed by atoms with Gasteiger partial charge >= 0.3 is 10.5 Å². The number of halogens is 1. The second kappa shape index (κ2) is 2.53. The average molecular weight is 130 g/mol. The van der Waals surface area contributed by atoms with E-state index in [1.807, 2.05) is 0 Å². The van der Waals surface area contributed by atoms with Crippen molar-refractivity contribution >= 4 is 27.9 Å². The van der Waals surface area contributed by atoms with Gasteiger partial charge in [-0.1, -0.05) is 3.89 Å². The van der Waals surface area contributed by atoms with Gasteiger partial charge in [0.25, 0.3) is 0 Å². The van der Waals surface area contributed by atoms with Crippen molar-refractivity contribution in [2.24, 2.45) is 0 Å². The third-order valence-electron chi connectivity index (χ3n) is 0. The van der Waals surface area contributed by atoms with E-state index in [9.17, 15) is 3.89 Å². The van der Waals surface area contributed by atoms with Gasteiger partial charge in [-0.3, -0.25) is 4.55 Å². The Morgan fingerprint density at radius 2 is 1.50 bits per heavy atom. The van der Waals surface area contributed by atoms with Crippen LogP contribution in [-0.2, 0) is 10.5 Å². The maximum atomic E-state index is 10.2. The van der Waals surface area contributed by atoms with Crippen molar-refractivity contribution < 1.29 is 16.9 Å². The van der Waals surface area contributed by atoms with Gasteiger partial charge in [0.2, 0.25) is 0 Å². The molecule has 0 aromatic heterocycles. The van der Waals surface area contributed by atoms with Crippen LogP contribution in [0.5, 0.6) is 0 Å². The van der Waals surface area contributed by atoms with E-state index in [1.54, 1.807) is 0 Å². The Balaban J connectivity index is 0. The molecule has 6 heteroatoms. The summed E-state index contributed by atoms with van der Waals surface area (Å²) in [5.74, 6) is 0. The smallest absolute Gasteiger partial charge is 0.260 e. The van der Waals surface area contributed by atoms with Crippen LogP contribution in [0.4, 0.5) is 3.89 Å². The Kier molecular flexibility index (Phi) is 4.06. The maximum Gasteiger partial charge on any atom is 0.435 e. The van der Waals surface area contributed by atoms with Gasteiger partial charge in [-0.25, -0.2) is 0 Å². The summed E-state index contributed by atoms with van der Waals surface area (Å²) >= 11 is 0. The fourth-order valence-electron chi connectivity index (χ4n) is 0. The molecule has 0 rings (SSSR count). The highest BCUT2D eigenvalue weighted by molar-refractivity contribution is 7.80. The molecule has 0 saturated heterocycles. The first kappa shape index (κ1) is 9.62. The summed E-state index contributed by atoms with van der Waals surface area (Å²) in [5.41, 5.74) is 0. The van der Waals surface area contributed by atoms with E-state index < -0.39 is 10.5 Å². The highest BCUT2D eigenvalue weighted by atomic mass is 32.3. The first-order valence-electron chi connectivity index (χ1n) is 0.670. The van der Waals surface area contributed by atoms with Gasteiger partial charge in [0, 0.05) is 0 Å². The van der Waals surface area contributed by atoms with Crippen molar-refractivity contribution in [2.45, 2.75) is 0 Å². The van der Waals surface area contributed by atoms with E-state index >= 15 is 0 Å². The second-order valence-corrected chi connectivity index (χ2v) is 1.24. The summed E-state index contributed by atoms with van der Waals surface area (Å²) in [7, 11) is -5.17. The molecule has 0 atom stereocenters. The molecule has 1 N–H and O–H groups in total. The van der Waals surface area contributed by atoms with E-state index in [0.717, 1.165) is 0 Å². The summed E-state index contributed by atoms with van der Waals surface area (Å²) in [6.45, 7) is 0. The molecule has 0 heterocycles. The molecule has 38 valence electrons. The first-order valence-corrected chi connectivity index (χ1v) is 2.01. The SMILES string of the molecule is O=S(=O)(O)F.[AlH3]. The molecular weight excluding hydrogens is 126 g/mol. The molecule has 0 aromatic rings. The van der Waals surface area contributed by atoms with Crippen LogP contribution in [0.25, 0.3) is 0 Å². The van der Waals surface area contributed by atoms with Crippen molar-refractivity contribution in [2.75, 3.05) is 0 Å². The molecule has 0 radical (unpaired) electrons.